The number of nitrogens with two attached hydrogens (primary N) is 1. The van der Waals surface area contributed by atoms with Crippen LogP contribution in [-0.4, -0.2) is 28.9 Å². The van der Waals surface area contributed by atoms with Crippen LogP contribution in [0.4, 0.5) is 5.95 Å². The van der Waals surface area contributed by atoms with Gasteiger partial charge in [0.1, 0.15) is 0 Å². The van der Waals surface area contributed by atoms with E-state index in [1.54, 1.807) is 20.0 Å². The van der Waals surface area contributed by atoms with E-state index in [0.29, 0.717) is 12.4 Å². The van der Waals surface area contributed by atoms with Gasteiger partial charge in [0.2, 0.25) is 0 Å². The topological polar surface area (TPSA) is 88.8 Å². The van der Waals surface area contributed by atoms with E-state index >= 15 is 0 Å². The van der Waals surface area contributed by atoms with Crippen molar-refractivity contribution < 1.29 is 8.42 Å². The number of nitrogens with zero attached hydrogens (tertiary/aromatic N) is 1. The van der Waals surface area contributed by atoms with Crippen LogP contribution in [0.1, 0.15) is 31.9 Å². The number of anilines is 1. The van der Waals surface area contributed by atoms with Gasteiger partial charge < -0.3 is 10.7 Å². The molecule has 1 atom stereocenters. The molecule has 1 fully saturated rings. The molecule has 0 bridgehead atoms. The summed E-state index contributed by atoms with van der Waals surface area (Å²) in [4.78, 5) is 6.82. The summed E-state index contributed by atoms with van der Waals surface area (Å²) in [5.41, 5.74) is 6.30. The van der Waals surface area contributed by atoms with E-state index in [4.69, 9.17) is 5.73 Å². The first-order chi connectivity index (χ1) is 6.84. The zero-order valence-electron chi connectivity index (χ0n) is 8.82. The molecule has 1 aliphatic rings. The van der Waals surface area contributed by atoms with Gasteiger partial charge in [0.05, 0.1) is 16.7 Å². The van der Waals surface area contributed by atoms with Gasteiger partial charge in [0.15, 0.2) is 15.8 Å². The predicted octanol–water partition coefficient (Wildman–Crippen LogP) is 0.673. The number of nitrogens with one attached hydrogen (secondary N) is 1. The molecule has 1 aromatic rings. The number of rotatable bonds is 1. The maximum absolute atomic E-state index is 11.8. The zero-order valence-corrected chi connectivity index (χ0v) is 9.63. The molecule has 1 aliphatic heterocycles. The fourth-order valence-electron chi connectivity index (χ4n) is 2.16. The van der Waals surface area contributed by atoms with Crippen molar-refractivity contribution in [3.63, 3.8) is 0 Å². The number of imidazole rings is 1. The lowest BCUT2D eigenvalue weighted by molar-refractivity contribution is 0.512. The normalized spacial score (nSPS) is 28.0. The third kappa shape index (κ3) is 1.43. The summed E-state index contributed by atoms with van der Waals surface area (Å²) in [7, 11) is -3.00. The number of nitrogen functional groups attached to an aromatic ring is 1. The van der Waals surface area contributed by atoms with Gasteiger partial charge in [-0.1, -0.05) is 0 Å². The predicted molar refractivity (Wildman–Crippen MR) is 58.2 cm³/mol. The second-order valence-corrected chi connectivity index (χ2v) is 7.18. The Kier molecular flexibility index (Phi) is 2.08. The number of sulfone groups is 1. The van der Waals surface area contributed by atoms with Gasteiger partial charge in [-0.25, -0.2) is 13.4 Å². The molecule has 1 unspecified atom stereocenters. The molecule has 1 saturated heterocycles. The highest BCUT2D eigenvalue weighted by atomic mass is 32.2. The molecule has 1 aromatic heterocycles. The van der Waals surface area contributed by atoms with E-state index in [1.165, 1.54) is 0 Å². The highest BCUT2D eigenvalue weighted by Crippen LogP contribution is 2.43. The van der Waals surface area contributed by atoms with E-state index in [-0.39, 0.29) is 11.7 Å². The Morgan fingerprint density at radius 3 is 2.67 bits per heavy atom. The molecular formula is C9H15N3O2S. The second kappa shape index (κ2) is 2.98. The third-order valence-electron chi connectivity index (χ3n) is 3.31. The van der Waals surface area contributed by atoms with Crippen molar-refractivity contribution in [2.45, 2.75) is 30.9 Å². The molecule has 3 N–H and O–H groups in total. The summed E-state index contributed by atoms with van der Waals surface area (Å²) in [6.45, 7) is 3.52. The standard InChI is InChI=1S/C9H15N3O2S/c1-9(2)6(3-4-15(9,13)14)7-5-11-8(10)12-7/h5-6H,3-4H2,1-2H3,(H3,10,11,12). The number of hydrogen-bond donors (Lipinski definition) is 2. The number of aromatic nitrogens is 2. The lowest BCUT2D eigenvalue weighted by Gasteiger charge is -2.24. The molecule has 2 rings (SSSR count). The van der Waals surface area contributed by atoms with Crippen LogP contribution in [0, 0.1) is 0 Å². The van der Waals surface area contributed by atoms with Crippen LogP contribution < -0.4 is 5.73 Å². The first-order valence-corrected chi connectivity index (χ1v) is 6.52. The summed E-state index contributed by atoms with van der Waals surface area (Å²) < 4.78 is 22.9. The summed E-state index contributed by atoms with van der Waals surface area (Å²) in [6.07, 6.45) is 2.26. The lowest BCUT2D eigenvalue weighted by atomic mass is 9.90. The van der Waals surface area contributed by atoms with Crippen molar-refractivity contribution >= 4 is 15.8 Å². The number of H-pyrrole nitrogens is 1. The molecule has 0 spiro atoms. The third-order valence-corrected chi connectivity index (χ3v) is 5.97. The van der Waals surface area contributed by atoms with Crippen molar-refractivity contribution in [1.82, 2.24) is 9.97 Å². The molecule has 0 amide bonds. The average Bonchev–Trinajstić information content (AvgIpc) is 2.58. The Morgan fingerprint density at radius 2 is 2.27 bits per heavy atom. The molecule has 6 heteroatoms. The fraction of sp³-hybridized carbons (Fsp3) is 0.667. The number of hydrogen-bond acceptors (Lipinski definition) is 4. The van der Waals surface area contributed by atoms with Crippen LogP contribution in [0.2, 0.25) is 0 Å². The van der Waals surface area contributed by atoms with Gasteiger partial charge in [0, 0.05) is 11.6 Å². The van der Waals surface area contributed by atoms with Crippen LogP contribution in [0.3, 0.4) is 0 Å². The summed E-state index contributed by atoms with van der Waals surface area (Å²) in [5.74, 6) is 0.543. The Balaban J connectivity index is 2.42. The number of aromatic amines is 1. The summed E-state index contributed by atoms with van der Waals surface area (Å²) in [6, 6.07) is 0. The molecule has 0 aromatic carbocycles. The second-order valence-electron chi connectivity index (χ2n) is 4.49. The molecule has 0 aliphatic carbocycles. The van der Waals surface area contributed by atoms with Gasteiger partial charge in [-0.3, -0.25) is 0 Å². The zero-order chi connectivity index (χ0) is 11.3. The molecule has 15 heavy (non-hydrogen) atoms. The maximum atomic E-state index is 11.8. The van der Waals surface area contributed by atoms with Crippen LogP contribution in [0.5, 0.6) is 0 Å². The maximum Gasteiger partial charge on any atom is 0.197 e. The average molecular weight is 229 g/mol. The van der Waals surface area contributed by atoms with E-state index < -0.39 is 14.6 Å². The van der Waals surface area contributed by atoms with Crippen LogP contribution in [0.15, 0.2) is 6.20 Å². The first-order valence-electron chi connectivity index (χ1n) is 4.87. The van der Waals surface area contributed by atoms with Gasteiger partial charge in [-0.15, -0.1) is 0 Å². The minimum absolute atomic E-state index is 0.0349. The Labute approximate surface area is 89.0 Å². The Hall–Kier alpha value is -1.04. The minimum atomic E-state index is -3.00. The van der Waals surface area contributed by atoms with Gasteiger partial charge >= 0.3 is 0 Å². The van der Waals surface area contributed by atoms with Crippen molar-refractivity contribution in [3.05, 3.63) is 11.9 Å². The van der Waals surface area contributed by atoms with Crippen molar-refractivity contribution in [2.75, 3.05) is 11.5 Å². The van der Waals surface area contributed by atoms with E-state index in [2.05, 4.69) is 9.97 Å². The quantitative estimate of drug-likeness (QED) is 0.740. The molecule has 0 saturated carbocycles. The van der Waals surface area contributed by atoms with Crippen LogP contribution in [-0.2, 0) is 9.84 Å². The van der Waals surface area contributed by atoms with Crippen molar-refractivity contribution in [2.24, 2.45) is 0 Å². The SMILES string of the molecule is CC1(C)C(c2cnc(N)[nH]2)CCS1(=O)=O. The fourth-order valence-corrected chi connectivity index (χ4v) is 3.91. The Morgan fingerprint density at radius 1 is 1.60 bits per heavy atom. The summed E-state index contributed by atoms with van der Waals surface area (Å²) >= 11 is 0. The monoisotopic (exact) mass is 229 g/mol. The van der Waals surface area contributed by atoms with Crippen LogP contribution in [0.25, 0.3) is 0 Å². The highest BCUT2D eigenvalue weighted by Gasteiger charge is 2.48. The van der Waals surface area contributed by atoms with E-state index in [1.807, 2.05) is 0 Å². The van der Waals surface area contributed by atoms with Crippen molar-refractivity contribution in [3.8, 4) is 0 Å². The highest BCUT2D eigenvalue weighted by molar-refractivity contribution is 7.93. The van der Waals surface area contributed by atoms with Crippen LogP contribution >= 0.6 is 0 Å². The molecule has 2 heterocycles. The van der Waals surface area contributed by atoms with Gasteiger partial charge in [0.25, 0.3) is 0 Å². The lowest BCUT2D eigenvalue weighted by Crippen LogP contribution is -2.32. The summed E-state index contributed by atoms with van der Waals surface area (Å²) in [5, 5.41) is 0. The van der Waals surface area contributed by atoms with E-state index in [9.17, 15) is 8.42 Å². The van der Waals surface area contributed by atoms with E-state index in [0.717, 1.165) is 5.69 Å². The minimum Gasteiger partial charge on any atom is -0.369 e. The Bertz CT molecular complexity index is 475. The largest absolute Gasteiger partial charge is 0.369 e. The first kappa shape index (κ1) is 10.5. The smallest absolute Gasteiger partial charge is 0.197 e. The van der Waals surface area contributed by atoms with Crippen molar-refractivity contribution in [1.29, 1.82) is 0 Å². The molecule has 0 radical (unpaired) electrons. The molecular weight excluding hydrogens is 214 g/mol. The van der Waals surface area contributed by atoms with Gasteiger partial charge in [-0.05, 0) is 20.3 Å². The van der Waals surface area contributed by atoms with Gasteiger partial charge in [-0.2, -0.15) is 0 Å². The molecule has 84 valence electrons. The molecule has 5 nitrogen and oxygen atoms in total.